The molecule has 0 bridgehead atoms. The van der Waals surface area contributed by atoms with Gasteiger partial charge in [0.25, 0.3) is 29.5 Å². The highest BCUT2D eigenvalue weighted by Gasteiger charge is 2.30. The number of rotatable bonds is 34. The van der Waals surface area contributed by atoms with E-state index in [1.54, 1.807) is 127 Å². The molecule has 5 amide bonds. The van der Waals surface area contributed by atoms with Gasteiger partial charge in [-0.25, -0.2) is 4.39 Å². The largest absolute Gasteiger partial charge is 0.491 e. The average Bonchev–Trinajstić information content (AvgIpc) is 1.83. The molecule has 14 rings (SSSR count). The molecular formula is C106H113Cl5FN5O20. The Morgan fingerprint density at radius 2 is 0.620 bits per heavy atom. The molecule has 0 unspecified atom stereocenters. The summed E-state index contributed by atoms with van der Waals surface area (Å²) < 4.78 is 71.0. The summed E-state index contributed by atoms with van der Waals surface area (Å²) in [5.41, 5.74) is 9.28. The number of benzene rings is 10. The minimum absolute atomic E-state index is 0.00791. The van der Waals surface area contributed by atoms with Gasteiger partial charge in [-0.2, -0.15) is 0 Å². The van der Waals surface area contributed by atoms with Crippen molar-refractivity contribution in [2.75, 3.05) is 60.6 Å². The number of hydrogen-bond acceptors (Lipinski definition) is 20. The van der Waals surface area contributed by atoms with Crippen LogP contribution in [0.15, 0.2) is 158 Å². The minimum atomic E-state index is -0.701. The van der Waals surface area contributed by atoms with Crippen molar-refractivity contribution in [3.8, 4) is 57.5 Å². The molecule has 4 aliphatic rings. The number of ether oxygens (including phenoxy) is 10. The molecule has 5 N–H and O–H groups in total. The second-order valence-electron chi connectivity index (χ2n) is 33.7. The van der Waals surface area contributed by atoms with Crippen molar-refractivity contribution in [1.29, 1.82) is 0 Å². The van der Waals surface area contributed by atoms with Crippen molar-refractivity contribution in [3.63, 3.8) is 0 Å². The normalized spacial score (nSPS) is 13.0. The zero-order valence-electron chi connectivity index (χ0n) is 79.3. The van der Waals surface area contributed by atoms with E-state index in [1.165, 1.54) is 73.1 Å². The molecule has 10 aromatic rings. The van der Waals surface area contributed by atoms with Crippen molar-refractivity contribution in [3.05, 3.63) is 261 Å². The first-order valence-electron chi connectivity index (χ1n) is 45.0. The molecule has 4 aliphatic carbocycles. The predicted octanol–water partition coefficient (Wildman–Crippen LogP) is 26.0. The summed E-state index contributed by atoms with van der Waals surface area (Å²) in [4.78, 5) is 121. The van der Waals surface area contributed by atoms with Crippen molar-refractivity contribution < 1.29 is 99.7 Å². The van der Waals surface area contributed by atoms with Gasteiger partial charge in [-0.1, -0.05) is 58.0 Å². The molecule has 10 aromatic carbocycles. The van der Waals surface area contributed by atoms with Crippen LogP contribution in [-0.4, -0.2) is 123 Å². The molecule has 0 radical (unpaired) electrons. The lowest BCUT2D eigenvalue weighted by molar-refractivity contribution is 0.100. The summed E-state index contributed by atoms with van der Waals surface area (Å²) in [7, 11) is 3.04. The summed E-state index contributed by atoms with van der Waals surface area (Å²) in [6.07, 6.45) is 11.8. The first-order chi connectivity index (χ1) is 65.2. The summed E-state index contributed by atoms with van der Waals surface area (Å²) in [5.74, 6) is 2.10. The van der Waals surface area contributed by atoms with E-state index in [0.717, 1.165) is 93.4 Å². The highest BCUT2D eigenvalue weighted by atomic mass is 35.5. The number of carbonyl (C=O) groups is 10. The standard InChI is InChI=1S/2C22H24ClNO4.C21H23ClFNO4.C21H22ClNO4.C20H20ClNO4/c1-4-27-21-19(23)10-16(11-20(21)28-12-15-5-6-15)22(26)24-17-7-8-18(14(3)25)13(2)9-17;1-4-27-21-19(23)11-15(12-20(21)28-17-6-5-7-17)22(26)24-16-8-9-18(14(3)25)13(2)10-16;1-11(2)27-19-9-14(8-17(22)20(19)28-12(3)4)21(26)24-15-6-7-16(13(5)25)18(23)10-15;1-12-9-15(7-8-17(12)13(2)24)23-21(25)14-10-18(22)20(26-3)19(11-14)27-16-5-4-6-16;1-12(23)13-6-8-15(9-7-13)22-20(24)14-10-17(21)19(25-2)18(11-14)26-16-4-3-5-16/h7-11,15H,4-6,12H2,1-3H3,(H,24,26);8-12,17H,4-7H2,1-3H3,(H,24,26);6-12H,1-5H3,(H,24,26);7-11,16H,4-6H2,1-3H3,(H,23,25);6-11,16H,3-5H2,1-2H3,(H,22,24). The van der Waals surface area contributed by atoms with Gasteiger partial charge >= 0.3 is 0 Å². The van der Waals surface area contributed by atoms with Crippen LogP contribution in [0.3, 0.4) is 0 Å². The Morgan fingerprint density at radius 3 is 0.912 bits per heavy atom. The molecule has 0 spiro atoms. The third-order valence-corrected chi connectivity index (χ3v) is 23.4. The number of methoxy groups -OCH3 is 2. The maximum atomic E-state index is 14.0. The summed E-state index contributed by atoms with van der Waals surface area (Å²) in [5, 5.41) is 15.5. The Labute approximate surface area is 822 Å². The number of hydrogen-bond donors (Lipinski definition) is 5. The lowest BCUT2D eigenvalue weighted by Crippen LogP contribution is -2.25. The van der Waals surface area contributed by atoms with Crippen molar-refractivity contribution in [2.45, 2.75) is 198 Å². The van der Waals surface area contributed by atoms with E-state index in [2.05, 4.69) is 26.6 Å². The predicted molar refractivity (Wildman–Crippen MR) is 533 cm³/mol. The fourth-order valence-electron chi connectivity index (χ4n) is 14.1. The SMILES string of the molecule is CC(=O)c1ccc(NC(=O)c2cc(Cl)c(OC(C)C)c(OC(C)C)c2)cc1F.CCOc1c(Cl)cc(C(=O)Nc2ccc(C(C)=O)c(C)c2)cc1OC1CCC1.CCOc1c(Cl)cc(C(=O)Nc2ccc(C(C)=O)c(C)c2)cc1OCC1CC1.COc1c(Cl)cc(C(=O)Nc2ccc(C(C)=O)c(C)c2)cc1OC1CCC1.COc1c(Cl)cc(C(=O)Nc2ccc(C(C)=O)cc2)cc1OC1CCC1. The van der Waals surface area contributed by atoms with Crippen molar-refractivity contribution >= 4 is 145 Å². The fraction of sp³-hybridized carbons (Fsp3) is 0.340. The molecule has 0 saturated heterocycles. The second-order valence-corrected chi connectivity index (χ2v) is 35.7. The van der Waals surface area contributed by atoms with Crippen LogP contribution in [-0.2, 0) is 0 Å². The lowest BCUT2D eigenvalue weighted by atomic mass is 9.96. The van der Waals surface area contributed by atoms with Gasteiger partial charge in [0.1, 0.15) is 5.82 Å². The van der Waals surface area contributed by atoms with Gasteiger partial charge in [-0.05, 0) is 348 Å². The van der Waals surface area contributed by atoms with E-state index < -0.39 is 17.5 Å². The smallest absolute Gasteiger partial charge is 0.255 e. The maximum Gasteiger partial charge on any atom is 0.255 e. The van der Waals surface area contributed by atoms with E-state index in [9.17, 15) is 52.3 Å². The Balaban J connectivity index is 0.000000177. The lowest BCUT2D eigenvalue weighted by Gasteiger charge is -2.27. The van der Waals surface area contributed by atoms with Crippen LogP contribution >= 0.6 is 58.0 Å². The maximum absolute atomic E-state index is 14.0. The number of carbonyl (C=O) groups excluding carboxylic acids is 10. The third kappa shape index (κ3) is 30.1. The highest BCUT2D eigenvalue weighted by molar-refractivity contribution is 6.35. The molecule has 0 atom stereocenters. The number of aryl methyl sites for hydroxylation is 3. The summed E-state index contributed by atoms with van der Waals surface area (Å²) >= 11 is 31.6. The van der Waals surface area contributed by atoms with Crippen LogP contribution in [0.1, 0.15) is 267 Å². The Morgan fingerprint density at radius 1 is 0.328 bits per heavy atom. The molecule has 724 valence electrons. The quantitative estimate of drug-likeness (QED) is 0.0234. The number of anilines is 5. The van der Waals surface area contributed by atoms with Crippen molar-refractivity contribution in [2.24, 2.45) is 5.92 Å². The Hall–Kier alpha value is -12.7. The molecule has 31 heteroatoms. The molecule has 25 nitrogen and oxygen atoms in total. The van der Waals surface area contributed by atoms with Crippen LogP contribution < -0.4 is 74.0 Å². The average molecular weight is 1970 g/mol. The van der Waals surface area contributed by atoms with Gasteiger partial charge in [0, 0.05) is 78.5 Å². The molecule has 0 aromatic heterocycles. The van der Waals surface area contributed by atoms with Gasteiger partial charge in [0.05, 0.1) is 95.2 Å². The molecule has 137 heavy (non-hydrogen) atoms. The third-order valence-electron chi connectivity index (χ3n) is 22.0. The highest BCUT2D eigenvalue weighted by Crippen LogP contribution is 2.45. The zero-order valence-corrected chi connectivity index (χ0v) is 83.1. The Bertz CT molecular complexity index is 6130. The van der Waals surface area contributed by atoms with E-state index in [0.29, 0.717) is 171 Å². The van der Waals surface area contributed by atoms with Crippen molar-refractivity contribution in [1.82, 2.24) is 0 Å². The Kier molecular flexibility index (Phi) is 38.7. The van der Waals surface area contributed by atoms with Gasteiger partial charge in [-0.3, -0.25) is 47.9 Å². The van der Waals surface area contributed by atoms with E-state index in [4.69, 9.17) is 105 Å². The number of Topliss-reactive ketones (excluding diaryl/α,β-unsaturated/α-hetero) is 5. The number of nitrogens with one attached hydrogen (secondary N) is 5. The van der Waals surface area contributed by atoms with Gasteiger partial charge in [-0.15, -0.1) is 0 Å². The molecule has 4 saturated carbocycles. The van der Waals surface area contributed by atoms with Crippen LogP contribution in [0.2, 0.25) is 25.1 Å². The van der Waals surface area contributed by atoms with E-state index in [1.807, 2.05) is 62.3 Å². The first-order valence-corrected chi connectivity index (χ1v) is 46.9. The fourth-order valence-corrected chi connectivity index (χ4v) is 15.5. The van der Waals surface area contributed by atoms with E-state index >= 15 is 0 Å². The molecule has 0 heterocycles. The van der Waals surface area contributed by atoms with Crippen LogP contribution in [0.5, 0.6) is 57.5 Å². The van der Waals surface area contributed by atoms with Gasteiger partial charge < -0.3 is 74.0 Å². The monoisotopic (exact) mass is 1970 g/mol. The van der Waals surface area contributed by atoms with Gasteiger partial charge in [0.15, 0.2) is 86.4 Å². The summed E-state index contributed by atoms with van der Waals surface area (Å²) in [6.45, 7) is 25.5. The molecule has 0 aliphatic heterocycles. The number of halogens is 6. The van der Waals surface area contributed by atoms with Crippen LogP contribution in [0.4, 0.5) is 32.8 Å². The number of ketones is 5. The van der Waals surface area contributed by atoms with Crippen LogP contribution in [0.25, 0.3) is 0 Å². The second kappa shape index (κ2) is 49.9. The molecular weight excluding hydrogens is 1860 g/mol. The first kappa shape index (κ1) is 106. The molecule has 4 fully saturated rings. The van der Waals surface area contributed by atoms with Crippen LogP contribution in [0, 0.1) is 32.5 Å². The number of amides is 5. The minimum Gasteiger partial charge on any atom is -0.491 e. The van der Waals surface area contributed by atoms with E-state index in [-0.39, 0.29) is 99.1 Å². The zero-order chi connectivity index (χ0) is 99.8. The van der Waals surface area contributed by atoms with Gasteiger partial charge in [0.2, 0.25) is 0 Å². The topological polar surface area (TPSA) is 323 Å². The summed E-state index contributed by atoms with van der Waals surface area (Å²) in [6, 6.07) is 42.0.